The van der Waals surface area contributed by atoms with Gasteiger partial charge >= 0.3 is 11.9 Å². The number of aromatic nitrogens is 5. The molecule has 2 aromatic carbocycles. The minimum Gasteiger partial charge on any atom is -0.385 e. The zero-order valence-electron chi connectivity index (χ0n) is 19.3. The van der Waals surface area contributed by atoms with E-state index in [1.807, 2.05) is 0 Å². The van der Waals surface area contributed by atoms with Crippen LogP contribution in [0.5, 0.6) is 0 Å². The van der Waals surface area contributed by atoms with Gasteiger partial charge in [0.2, 0.25) is 0 Å². The van der Waals surface area contributed by atoms with Crippen molar-refractivity contribution in [3.05, 3.63) is 84.8 Å². The molecule has 0 aliphatic rings. The van der Waals surface area contributed by atoms with Crippen molar-refractivity contribution in [2.24, 2.45) is 0 Å². The molecule has 0 saturated heterocycles. The molecule has 38 heavy (non-hydrogen) atoms. The number of rotatable bonds is 7. The molecule has 0 aliphatic carbocycles. The minimum absolute atomic E-state index is 0.0113. The first-order chi connectivity index (χ1) is 17.8. The predicted molar refractivity (Wildman–Crippen MR) is 137 cm³/mol. The van der Waals surface area contributed by atoms with Gasteiger partial charge in [0.25, 0.3) is 0 Å². The summed E-state index contributed by atoms with van der Waals surface area (Å²) in [6.45, 7) is -0.0214. The first-order valence-corrected chi connectivity index (χ1v) is 12.4. The Morgan fingerprint density at radius 3 is 2.11 bits per heavy atom. The van der Waals surface area contributed by atoms with Crippen molar-refractivity contribution in [1.29, 1.82) is 0 Å². The maximum atomic E-state index is 13.3. The monoisotopic (exact) mass is 609 g/mol. The third-order valence-corrected chi connectivity index (χ3v) is 6.53. The topological polar surface area (TPSA) is 98.1 Å². The average Bonchev–Trinajstić information content (AvgIpc) is 3.34. The maximum Gasteiger partial charge on any atom is 0.416 e. The molecule has 2 N–H and O–H groups in total. The van der Waals surface area contributed by atoms with Crippen LogP contribution in [0.2, 0.25) is 20.2 Å². The number of alkyl halides is 3. The third kappa shape index (κ3) is 5.88. The van der Waals surface area contributed by atoms with Crippen molar-refractivity contribution in [3.63, 3.8) is 0 Å². The van der Waals surface area contributed by atoms with Crippen LogP contribution >= 0.6 is 46.4 Å². The lowest BCUT2D eigenvalue weighted by molar-refractivity contribution is -0.207. The normalized spacial score (nSPS) is 13.6. The van der Waals surface area contributed by atoms with Crippen LogP contribution in [0, 0.1) is 0 Å². The Morgan fingerprint density at radius 2 is 1.55 bits per heavy atom. The highest BCUT2D eigenvalue weighted by Gasteiger charge is 2.39. The molecule has 0 fully saturated rings. The van der Waals surface area contributed by atoms with Crippen LogP contribution in [0.3, 0.4) is 0 Å². The van der Waals surface area contributed by atoms with Gasteiger partial charge in [0.05, 0.1) is 24.5 Å². The van der Waals surface area contributed by atoms with Crippen LogP contribution in [0.25, 0.3) is 16.9 Å². The van der Waals surface area contributed by atoms with E-state index in [1.54, 1.807) is 0 Å². The van der Waals surface area contributed by atoms with Crippen molar-refractivity contribution < 1.29 is 23.4 Å². The van der Waals surface area contributed by atoms with E-state index < -0.39 is 30.6 Å². The highest BCUT2D eigenvalue weighted by atomic mass is 35.5. The molecule has 0 bridgehead atoms. The summed E-state index contributed by atoms with van der Waals surface area (Å²) < 4.78 is 42.5. The number of aliphatic hydroxyl groups excluding tert-OH is 2. The Hall–Kier alpha value is -2.54. The number of aliphatic hydroxyl groups is 2. The average molecular weight is 611 g/mol. The minimum atomic E-state index is -4.98. The standard InChI is InChI=1S/C23H18Cl4F3N5O3/c1-11(36)21-31-18(32-35(21)16-7-14(25)6-15(26)8-16)10-34-20(27)19(12-2-4-13(24)5-3-12)33(22(34)38)9-17(37)23(28,29)30/h2-8,11,17,36-37H,9-10H2,1H3. The first-order valence-electron chi connectivity index (χ1n) is 10.9. The SMILES string of the molecule is CC(O)c1nc(Cn2c(Cl)c(-c3ccc(Cl)cc3)n(CC(O)C(F)(F)F)c2=O)nn1-c1cc(Cl)cc(Cl)c1. The Labute approximate surface area is 233 Å². The lowest BCUT2D eigenvalue weighted by Gasteiger charge is -2.16. The highest BCUT2D eigenvalue weighted by molar-refractivity contribution is 6.35. The zero-order chi connectivity index (χ0) is 27.9. The summed E-state index contributed by atoms with van der Waals surface area (Å²) in [6.07, 6.45) is -8.90. The molecule has 2 heterocycles. The molecule has 0 aliphatic heterocycles. The molecule has 0 saturated carbocycles. The fraction of sp³-hybridized carbons (Fsp3) is 0.261. The first kappa shape index (κ1) is 28.5. The van der Waals surface area contributed by atoms with Crippen molar-refractivity contribution >= 4 is 46.4 Å². The molecule has 4 aromatic rings. The second-order valence-electron chi connectivity index (χ2n) is 8.28. The summed E-state index contributed by atoms with van der Waals surface area (Å²) in [4.78, 5) is 17.6. The molecule has 2 atom stereocenters. The number of benzene rings is 2. The zero-order valence-corrected chi connectivity index (χ0v) is 22.3. The van der Waals surface area contributed by atoms with Gasteiger partial charge < -0.3 is 10.2 Å². The summed E-state index contributed by atoms with van der Waals surface area (Å²) in [7, 11) is 0. The van der Waals surface area contributed by atoms with Gasteiger partial charge in [0.15, 0.2) is 17.8 Å². The van der Waals surface area contributed by atoms with Gasteiger partial charge in [-0.15, -0.1) is 5.10 Å². The highest BCUT2D eigenvalue weighted by Crippen LogP contribution is 2.31. The van der Waals surface area contributed by atoms with Crippen LogP contribution < -0.4 is 5.69 Å². The fourth-order valence-corrected chi connectivity index (χ4v) is 4.71. The van der Waals surface area contributed by atoms with Gasteiger partial charge in [-0.25, -0.2) is 14.5 Å². The van der Waals surface area contributed by atoms with Crippen molar-refractivity contribution in [3.8, 4) is 16.9 Å². The van der Waals surface area contributed by atoms with Gasteiger partial charge in [-0.05, 0) is 37.3 Å². The maximum absolute atomic E-state index is 13.3. The quantitative estimate of drug-likeness (QED) is 0.286. The Balaban J connectivity index is 1.83. The summed E-state index contributed by atoms with van der Waals surface area (Å²) in [6, 6.07) is 10.5. The van der Waals surface area contributed by atoms with Gasteiger partial charge in [0, 0.05) is 20.6 Å². The third-order valence-electron chi connectivity index (χ3n) is 5.46. The van der Waals surface area contributed by atoms with Crippen LogP contribution in [-0.4, -0.2) is 46.4 Å². The lowest BCUT2D eigenvalue weighted by Crippen LogP contribution is -2.37. The number of halogens is 7. The number of imidazole rings is 1. The van der Waals surface area contributed by atoms with E-state index in [2.05, 4.69) is 10.1 Å². The molecule has 4 rings (SSSR count). The predicted octanol–water partition coefficient (Wildman–Crippen LogP) is 5.54. The summed E-state index contributed by atoms with van der Waals surface area (Å²) in [5, 5.41) is 25.0. The molecule has 0 radical (unpaired) electrons. The molecule has 2 aromatic heterocycles. The Kier molecular flexibility index (Phi) is 8.17. The molecule has 202 valence electrons. The molecule has 15 heteroatoms. The molecular weight excluding hydrogens is 593 g/mol. The fourth-order valence-electron chi connectivity index (χ4n) is 3.73. The lowest BCUT2D eigenvalue weighted by atomic mass is 10.1. The summed E-state index contributed by atoms with van der Waals surface area (Å²) in [5.74, 6) is 0.101. The summed E-state index contributed by atoms with van der Waals surface area (Å²) in [5.41, 5.74) is -0.331. The van der Waals surface area contributed by atoms with Crippen LogP contribution in [0.15, 0.2) is 47.3 Å². The van der Waals surface area contributed by atoms with E-state index in [9.17, 15) is 28.2 Å². The van der Waals surface area contributed by atoms with E-state index in [-0.39, 0.29) is 29.0 Å². The van der Waals surface area contributed by atoms with Crippen LogP contribution in [-0.2, 0) is 13.1 Å². The number of hydrogen-bond acceptors (Lipinski definition) is 5. The van der Waals surface area contributed by atoms with Crippen LogP contribution in [0.1, 0.15) is 24.7 Å². The summed E-state index contributed by atoms with van der Waals surface area (Å²) >= 11 is 24.6. The van der Waals surface area contributed by atoms with Crippen molar-refractivity contribution in [1.82, 2.24) is 23.9 Å². The van der Waals surface area contributed by atoms with Gasteiger partial charge in [-0.1, -0.05) is 58.5 Å². The second kappa shape index (κ2) is 10.9. The van der Waals surface area contributed by atoms with E-state index in [0.717, 1.165) is 9.13 Å². The van der Waals surface area contributed by atoms with E-state index in [0.29, 0.717) is 26.3 Å². The van der Waals surface area contributed by atoms with Gasteiger partial charge in [0.1, 0.15) is 11.3 Å². The van der Waals surface area contributed by atoms with E-state index in [1.165, 1.54) is 54.1 Å². The largest absolute Gasteiger partial charge is 0.416 e. The van der Waals surface area contributed by atoms with Crippen LogP contribution in [0.4, 0.5) is 13.2 Å². The number of nitrogens with zero attached hydrogens (tertiary/aromatic N) is 5. The van der Waals surface area contributed by atoms with E-state index in [4.69, 9.17) is 46.4 Å². The Morgan fingerprint density at radius 1 is 0.947 bits per heavy atom. The smallest absolute Gasteiger partial charge is 0.385 e. The number of hydrogen-bond donors (Lipinski definition) is 2. The van der Waals surface area contributed by atoms with E-state index >= 15 is 0 Å². The van der Waals surface area contributed by atoms with Crippen molar-refractivity contribution in [2.45, 2.75) is 38.4 Å². The molecule has 0 amide bonds. The van der Waals surface area contributed by atoms with Gasteiger partial charge in [-0.3, -0.25) is 9.13 Å². The van der Waals surface area contributed by atoms with Crippen molar-refractivity contribution in [2.75, 3.05) is 0 Å². The molecule has 2 unspecified atom stereocenters. The molecule has 8 nitrogen and oxygen atoms in total. The second-order valence-corrected chi connectivity index (χ2v) is 9.95. The Bertz CT molecular complexity index is 1510. The van der Waals surface area contributed by atoms with Gasteiger partial charge in [-0.2, -0.15) is 13.2 Å². The molecule has 0 spiro atoms. The molecular formula is C23H18Cl4F3N5O3.